The normalized spacial score (nSPS) is 14.1. The maximum Gasteiger partial charge on any atom is 0.315 e. The molecule has 6 heteroatoms. The molecular formula is C23H29N5O. The molecule has 3 aromatic rings. The minimum Gasteiger partial charge on any atom is -0.357 e. The van der Waals surface area contributed by atoms with Gasteiger partial charge in [-0.15, -0.1) is 0 Å². The number of para-hydroxylation sites is 1. The summed E-state index contributed by atoms with van der Waals surface area (Å²) in [6, 6.07) is 14.4. The van der Waals surface area contributed by atoms with Gasteiger partial charge < -0.3 is 20.1 Å². The van der Waals surface area contributed by atoms with Crippen LogP contribution in [0.3, 0.4) is 0 Å². The first kappa shape index (κ1) is 19.3. The Kier molecular flexibility index (Phi) is 6.29. The number of anilines is 1. The first-order valence-corrected chi connectivity index (χ1v) is 10.5. The number of carbonyl (C=O) groups excluding carboxylic acids is 1. The number of fused-ring (bicyclic) bond motifs is 1. The van der Waals surface area contributed by atoms with E-state index in [1.807, 2.05) is 12.3 Å². The molecule has 6 nitrogen and oxygen atoms in total. The zero-order valence-corrected chi connectivity index (χ0v) is 16.8. The van der Waals surface area contributed by atoms with Gasteiger partial charge in [-0.05, 0) is 54.8 Å². The number of aromatic nitrogens is 2. The first-order chi connectivity index (χ1) is 14.3. The molecule has 2 aromatic heterocycles. The van der Waals surface area contributed by atoms with Gasteiger partial charge in [0.15, 0.2) is 0 Å². The van der Waals surface area contributed by atoms with Crippen LogP contribution in [0.2, 0.25) is 0 Å². The highest BCUT2D eigenvalue weighted by Crippen LogP contribution is 2.17. The molecule has 0 spiro atoms. The number of aryl methyl sites for hydroxylation is 1. The number of benzene rings is 1. The van der Waals surface area contributed by atoms with Crippen LogP contribution in [0.25, 0.3) is 10.9 Å². The largest absolute Gasteiger partial charge is 0.357 e. The minimum absolute atomic E-state index is 0.137. The third-order valence-corrected chi connectivity index (χ3v) is 5.48. The molecule has 2 N–H and O–H groups in total. The monoisotopic (exact) mass is 391 g/mol. The lowest BCUT2D eigenvalue weighted by Gasteiger charge is -2.27. The van der Waals surface area contributed by atoms with Crippen molar-refractivity contribution >= 4 is 22.8 Å². The van der Waals surface area contributed by atoms with Gasteiger partial charge in [-0.3, -0.25) is 0 Å². The van der Waals surface area contributed by atoms with Crippen LogP contribution >= 0.6 is 0 Å². The zero-order chi connectivity index (χ0) is 19.9. The van der Waals surface area contributed by atoms with E-state index >= 15 is 0 Å². The van der Waals surface area contributed by atoms with E-state index in [-0.39, 0.29) is 6.03 Å². The Labute approximate surface area is 171 Å². The highest BCUT2D eigenvalue weighted by atomic mass is 16.2. The van der Waals surface area contributed by atoms with Crippen molar-refractivity contribution < 1.29 is 4.79 Å². The lowest BCUT2D eigenvalue weighted by Crippen LogP contribution is -2.36. The number of hydrogen-bond acceptors (Lipinski definition) is 3. The number of hydrogen-bond donors (Lipinski definition) is 2. The van der Waals surface area contributed by atoms with Gasteiger partial charge in [-0.25, -0.2) is 9.78 Å². The van der Waals surface area contributed by atoms with Gasteiger partial charge in [0.05, 0.1) is 0 Å². The topological polar surface area (TPSA) is 62.2 Å². The highest BCUT2D eigenvalue weighted by molar-refractivity contribution is 5.79. The van der Waals surface area contributed by atoms with Crippen LogP contribution in [0.4, 0.5) is 10.6 Å². The van der Waals surface area contributed by atoms with Crippen LogP contribution in [-0.4, -0.2) is 35.2 Å². The van der Waals surface area contributed by atoms with E-state index in [1.54, 1.807) is 0 Å². The molecule has 1 aliphatic rings. The summed E-state index contributed by atoms with van der Waals surface area (Å²) in [4.78, 5) is 18.9. The fraction of sp³-hybridized carbons (Fsp3) is 0.391. The van der Waals surface area contributed by atoms with Gasteiger partial charge in [0.2, 0.25) is 0 Å². The molecule has 152 valence electrons. The second-order valence-corrected chi connectivity index (χ2v) is 7.60. The van der Waals surface area contributed by atoms with E-state index in [0.717, 1.165) is 37.4 Å². The molecule has 1 fully saturated rings. The quantitative estimate of drug-likeness (QED) is 0.600. The summed E-state index contributed by atoms with van der Waals surface area (Å²) < 4.78 is 2.23. The summed E-state index contributed by atoms with van der Waals surface area (Å²) in [5.41, 5.74) is 2.25. The third kappa shape index (κ3) is 5.08. The molecule has 1 aliphatic heterocycles. The van der Waals surface area contributed by atoms with Crippen molar-refractivity contribution in [2.24, 2.45) is 0 Å². The van der Waals surface area contributed by atoms with Crippen molar-refractivity contribution in [3.8, 4) is 0 Å². The van der Waals surface area contributed by atoms with Gasteiger partial charge in [0, 0.05) is 50.6 Å². The number of nitrogens with one attached hydrogen (secondary N) is 2. The summed E-state index contributed by atoms with van der Waals surface area (Å²) >= 11 is 0. The highest BCUT2D eigenvalue weighted by Gasteiger charge is 2.11. The molecule has 0 aliphatic carbocycles. The molecular weight excluding hydrogens is 362 g/mol. The summed E-state index contributed by atoms with van der Waals surface area (Å²) in [6.45, 7) is 4.19. The van der Waals surface area contributed by atoms with Gasteiger partial charge >= 0.3 is 6.03 Å². The maximum absolute atomic E-state index is 12.0. The van der Waals surface area contributed by atoms with Crippen molar-refractivity contribution in [2.75, 3.05) is 24.5 Å². The zero-order valence-electron chi connectivity index (χ0n) is 16.8. The third-order valence-electron chi connectivity index (χ3n) is 5.48. The van der Waals surface area contributed by atoms with E-state index in [4.69, 9.17) is 0 Å². The van der Waals surface area contributed by atoms with Crippen LogP contribution in [0.5, 0.6) is 0 Å². The number of piperidine rings is 1. The number of urea groups is 1. The standard InChI is InChI=1S/C23H29N5O/c29-23(24-12-6-15-27-16-11-20-7-2-3-8-21(20)27)26-18-19-9-10-22(25-17-19)28-13-4-1-5-14-28/h2-3,7-11,16-17H,1,4-6,12-15,18H2,(H2,24,26,29). The maximum atomic E-state index is 12.0. The van der Waals surface area contributed by atoms with Gasteiger partial charge in [0.25, 0.3) is 0 Å². The van der Waals surface area contributed by atoms with E-state index < -0.39 is 0 Å². The molecule has 0 saturated carbocycles. The molecule has 3 heterocycles. The number of nitrogens with zero attached hydrogens (tertiary/aromatic N) is 3. The second kappa shape index (κ2) is 9.45. The molecule has 1 aromatic carbocycles. The van der Waals surface area contributed by atoms with Crippen molar-refractivity contribution in [2.45, 2.75) is 38.8 Å². The Morgan fingerprint density at radius 1 is 1.00 bits per heavy atom. The second-order valence-electron chi connectivity index (χ2n) is 7.60. The average Bonchev–Trinajstić information content (AvgIpc) is 3.19. The summed E-state index contributed by atoms with van der Waals surface area (Å²) in [7, 11) is 0. The lowest BCUT2D eigenvalue weighted by molar-refractivity contribution is 0.240. The van der Waals surface area contributed by atoms with Gasteiger partial charge in [-0.2, -0.15) is 0 Å². The first-order valence-electron chi connectivity index (χ1n) is 10.5. The van der Waals surface area contributed by atoms with Crippen LogP contribution in [-0.2, 0) is 13.1 Å². The van der Waals surface area contributed by atoms with Crippen molar-refractivity contribution in [3.05, 3.63) is 60.4 Å². The van der Waals surface area contributed by atoms with Crippen LogP contribution in [0.15, 0.2) is 54.9 Å². The van der Waals surface area contributed by atoms with Crippen LogP contribution < -0.4 is 15.5 Å². The Bertz CT molecular complexity index is 928. The SMILES string of the molecule is O=C(NCCCn1ccc2ccccc21)NCc1ccc(N2CCCCC2)nc1. The Hall–Kier alpha value is -3.02. The molecule has 4 rings (SSSR count). The van der Waals surface area contributed by atoms with Crippen molar-refractivity contribution in [1.29, 1.82) is 0 Å². The van der Waals surface area contributed by atoms with E-state index in [9.17, 15) is 4.79 Å². The Balaban J connectivity index is 1.16. The molecule has 29 heavy (non-hydrogen) atoms. The smallest absolute Gasteiger partial charge is 0.315 e. The average molecular weight is 392 g/mol. The molecule has 0 unspecified atom stereocenters. The molecule has 0 atom stereocenters. The van der Waals surface area contributed by atoms with E-state index in [1.165, 1.54) is 30.2 Å². The molecule has 0 radical (unpaired) electrons. The van der Waals surface area contributed by atoms with Gasteiger partial charge in [0.1, 0.15) is 5.82 Å². The molecule has 1 saturated heterocycles. The van der Waals surface area contributed by atoms with Crippen molar-refractivity contribution in [1.82, 2.24) is 20.2 Å². The lowest BCUT2D eigenvalue weighted by atomic mass is 10.1. The molecule has 2 amide bonds. The Morgan fingerprint density at radius 2 is 1.86 bits per heavy atom. The molecule has 0 bridgehead atoms. The number of rotatable bonds is 7. The predicted molar refractivity (Wildman–Crippen MR) is 117 cm³/mol. The van der Waals surface area contributed by atoms with Crippen LogP contribution in [0, 0.1) is 0 Å². The fourth-order valence-electron chi connectivity index (χ4n) is 3.86. The predicted octanol–water partition coefficient (Wildman–Crippen LogP) is 3.92. The number of amides is 2. The summed E-state index contributed by atoms with van der Waals surface area (Å²) in [6.07, 6.45) is 8.65. The van der Waals surface area contributed by atoms with E-state index in [0.29, 0.717) is 13.1 Å². The Morgan fingerprint density at radius 3 is 2.69 bits per heavy atom. The number of pyridine rings is 1. The minimum atomic E-state index is -0.137. The summed E-state index contributed by atoms with van der Waals surface area (Å²) in [5.74, 6) is 1.04. The van der Waals surface area contributed by atoms with Crippen molar-refractivity contribution in [3.63, 3.8) is 0 Å². The number of carbonyl (C=O) groups is 1. The van der Waals surface area contributed by atoms with E-state index in [2.05, 4.69) is 67.7 Å². The fourth-order valence-corrected chi connectivity index (χ4v) is 3.86. The van der Waals surface area contributed by atoms with Crippen LogP contribution in [0.1, 0.15) is 31.2 Å². The summed E-state index contributed by atoms with van der Waals surface area (Å²) in [5, 5.41) is 7.09. The van der Waals surface area contributed by atoms with Gasteiger partial charge in [-0.1, -0.05) is 24.3 Å².